The van der Waals surface area contributed by atoms with E-state index in [2.05, 4.69) is 25.2 Å². The third-order valence-corrected chi connectivity index (χ3v) is 7.85. The highest BCUT2D eigenvalue weighted by atomic mass is 19.1. The van der Waals surface area contributed by atoms with Gasteiger partial charge in [0, 0.05) is 11.6 Å². The van der Waals surface area contributed by atoms with Crippen LogP contribution in [0.25, 0.3) is 0 Å². The number of anilines is 1. The maximum absolute atomic E-state index is 14.4. The minimum absolute atomic E-state index is 0.0386. The van der Waals surface area contributed by atoms with Gasteiger partial charge in [0.15, 0.2) is 6.61 Å². The summed E-state index contributed by atoms with van der Waals surface area (Å²) in [6.07, 6.45) is 5.20. The summed E-state index contributed by atoms with van der Waals surface area (Å²) in [5.41, 5.74) is 5.25. The molecule has 1 aliphatic carbocycles. The number of carbonyl (C=O) groups is 1. The Kier molecular flexibility index (Phi) is 7.90. The summed E-state index contributed by atoms with van der Waals surface area (Å²) >= 11 is 0. The minimum Gasteiger partial charge on any atom is -0.484 e. The molecule has 0 spiro atoms. The van der Waals surface area contributed by atoms with E-state index in [0.29, 0.717) is 18.3 Å². The summed E-state index contributed by atoms with van der Waals surface area (Å²) in [5.74, 6) is 0.961. The average molecular weight is 502 g/mol. The second kappa shape index (κ2) is 11.5. The Labute approximate surface area is 219 Å². The number of rotatable bonds is 7. The number of halogens is 1. The molecule has 0 saturated carbocycles. The largest absolute Gasteiger partial charge is 0.484 e. The van der Waals surface area contributed by atoms with E-state index in [4.69, 9.17) is 9.47 Å². The van der Waals surface area contributed by atoms with E-state index in [9.17, 15) is 9.18 Å². The van der Waals surface area contributed by atoms with Gasteiger partial charge in [0.1, 0.15) is 11.6 Å². The lowest BCUT2D eigenvalue weighted by Crippen LogP contribution is -2.31. The van der Waals surface area contributed by atoms with Crippen molar-refractivity contribution in [2.45, 2.75) is 58.0 Å². The normalized spacial score (nSPS) is 21.4. The number of benzene rings is 3. The van der Waals surface area contributed by atoms with Crippen molar-refractivity contribution in [1.82, 2.24) is 0 Å². The number of nitrogens with one attached hydrogen (secondary N) is 1. The first kappa shape index (κ1) is 25.5. The minimum atomic E-state index is -0.165. The third kappa shape index (κ3) is 5.88. The first-order valence-electron chi connectivity index (χ1n) is 13.5. The quantitative estimate of drug-likeness (QED) is 0.371. The number of aryl methyl sites for hydroxylation is 1. The monoisotopic (exact) mass is 501 g/mol. The molecule has 1 aliphatic heterocycles. The topological polar surface area (TPSA) is 47.6 Å². The van der Waals surface area contributed by atoms with Crippen LogP contribution in [-0.2, 0) is 22.4 Å². The molecule has 3 aromatic carbocycles. The molecule has 194 valence electrons. The fraction of sp³-hybridized carbons (Fsp3) is 0.406. The SMILES string of the molecule is CC(C)[C@@H]1C[C@H](c2ccccc2F)CO[C@H]1c1cccc(OCC(=O)Nc2cccc3c2CCCC3)c1. The molecule has 4 nitrogen and oxygen atoms in total. The number of hydrogen-bond acceptors (Lipinski definition) is 3. The summed E-state index contributed by atoms with van der Waals surface area (Å²) in [6.45, 7) is 4.81. The lowest BCUT2D eigenvalue weighted by atomic mass is 9.76. The van der Waals surface area contributed by atoms with Crippen LogP contribution in [0.15, 0.2) is 66.7 Å². The summed E-state index contributed by atoms with van der Waals surface area (Å²) in [6, 6.07) is 21.0. The first-order valence-corrected chi connectivity index (χ1v) is 13.5. The Bertz CT molecular complexity index is 1240. The molecule has 1 saturated heterocycles. The van der Waals surface area contributed by atoms with Gasteiger partial charge in [-0.15, -0.1) is 0 Å². The second-order valence-corrected chi connectivity index (χ2v) is 10.7. The van der Waals surface area contributed by atoms with Gasteiger partial charge in [0.25, 0.3) is 5.91 Å². The van der Waals surface area contributed by atoms with Gasteiger partial charge in [-0.05, 0) is 90.5 Å². The van der Waals surface area contributed by atoms with Gasteiger partial charge in [-0.25, -0.2) is 4.39 Å². The molecule has 3 aromatic rings. The Balaban J connectivity index is 1.24. The molecule has 5 rings (SSSR count). The Morgan fingerprint density at radius 1 is 1.05 bits per heavy atom. The van der Waals surface area contributed by atoms with Crippen molar-refractivity contribution in [2.75, 3.05) is 18.5 Å². The van der Waals surface area contributed by atoms with E-state index in [1.54, 1.807) is 6.07 Å². The Morgan fingerprint density at radius 3 is 2.70 bits per heavy atom. The van der Waals surface area contributed by atoms with E-state index >= 15 is 0 Å². The predicted molar refractivity (Wildman–Crippen MR) is 144 cm³/mol. The van der Waals surface area contributed by atoms with Gasteiger partial charge >= 0.3 is 0 Å². The molecule has 37 heavy (non-hydrogen) atoms. The molecule has 0 unspecified atom stereocenters. The molecule has 1 fully saturated rings. The molecule has 1 N–H and O–H groups in total. The van der Waals surface area contributed by atoms with Crippen molar-refractivity contribution in [3.63, 3.8) is 0 Å². The summed E-state index contributed by atoms with van der Waals surface area (Å²) < 4.78 is 26.7. The van der Waals surface area contributed by atoms with Gasteiger partial charge < -0.3 is 14.8 Å². The van der Waals surface area contributed by atoms with E-state index < -0.39 is 0 Å². The fourth-order valence-electron chi connectivity index (χ4n) is 5.87. The third-order valence-electron chi connectivity index (χ3n) is 7.85. The zero-order chi connectivity index (χ0) is 25.8. The fourth-order valence-corrected chi connectivity index (χ4v) is 5.87. The van der Waals surface area contributed by atoms with Crippen molar-refractivity contribution in [2.24, 2.45) is 11.8 Å². The zero-order valence-corrected chi connectivity index (χ0v) is 21.7. The van der Waals surface area contributed by atoms with Crippen molar-refractivity contribution in [3.8, 4) is 5.75 Å². The van der Waals surface area contributed by atoms with Crippen LogP contribution >= 0.6 is 0 Å². The maximum atomic E-state index is 14.4. The van der Waals surface area contributed by atoms with E-state index in [1.807, 2.05) is 48.5 Å². The van der Waals surface area contributed by atoms with E-state index in [0.717, 1.165) is 42.5 Å². The van der Waals surface area contributed by atoms with Crippen LogP contribution in [-0.4, -0.2) is 19.1 Å². The number of ether oxygens (including phenoxy) is 2. The number of fused-ring (bicyclic) bond motifs is 1. The molecule has 2 aliphatic rings. The molecule has 5 heteroatoms. The highest BCUT2D eigenvalue weighted by Gasteiger charge is 2.36. The highest BCUT2D eigenvalue weighted by Crippen LogP contribution is 2.44. The van der Waals surface area contributed by atoms with Gasteiger partial charge in [-0.1, -0.05) is 56.3 Å². The first-order chi connectivity index (χ1) is 18.0. The van der Waals surface area contributed by atoms with Gasteiger partial charge in [-0.2, -0.15) is 0 Å². The smallest absolute Gasteiger partial charge is 0.262 e. The molecular weight excluding hydrogens is 465 g/mol. The van der Waals surface area contributed by atoms with Crippen molar-refractivity contribution in [1.29, 1.82) is 0 Å². The summed E-state index contributed by atoms with van der Waals surface area (Å²) in [5, 5.41) is 3.05. The van der Waals surface area contributed by atoms with Crippen molar-refractivity contribution in [3.05, 3.63) is 94.8 Å². The molecule has 0 aromatic heterocycles. The average Bonchev–Trinajstić information content (AvgIpc) is 2.92. The Morgan fingerprint density at radius 2 is 1.86 bits per heavy atom. The Hall–Kier alpha value is -3.18. The lowest BCUT2D eigenvalue weighted by molar-refractivity contribution is -0.118. The number of carbonyl (C=O) groups excluding carboxylic acids is 1. The van der Waals surface area contributed by atoms with Crippen LogP contribution in [0.2, 0.25) is 0 Å². The van der Waals surface area contributed by atoms with Crippen LogP contribution in [0.3, 0.4) is 0 Å². The highest BCUT2D eigenvalue weighted by molar-refractivity contribution is 5.92. The number of hydrogen-bond donors (Lipinski definition) is 1. The molecule has 3 atom stereocenters. The van der Waals surface area contributed by atoms with Crippen LogP contribution < -0.4 is 10.1 Å². The van der Waals surface area contributed by atoms with Crippen LogP contribution in [0.4, 0.5) is 10.1 Å². The van der Waals surface area contributed by atoms with Crippen LogP contribution in [0.5, 0.6) is 5.75 Å². The van der Waals surface area contributed by atoms with Crippen LogP contribution in [0, 0.1) is 17.7 Å². The van der Waals surface area contributed by atoms with E-state index in [-0.39, 0.29) is 36.3 Å². The second-order valence-electron chi connectivity index (χ2n) is 10.7. The maximum Gasteiger partial charge on any atom is 0.262 e. The summed E-state index contributed by atoms with van der Waals surface area (Å²) in [7, 11) is 0. The molecular formula is C32H36FNO3. The van der Waals surface area contributed by atoms with Crippen molar-refractivity contribution < 1.29 is 18.7 Å². The standard InChI is InChI=1S/C32H36FNO3/c1-21(2)28-18-24(26-13-5-6-15-29(26)33)19-37-32(28)23-11-7-12-25(17-23)36-20-31(35)34-30-16-8-10-22-9-3-4-14-27(22)30/h5-8,10-13,15-17,21,24,28,32H,3-4,9,14,18-20H2,1-2H3,(H,34,35)/t24-,28-,32-/m0/s1. The van der Waals surface area contributed by atoms with Crippen molar-refractivity contribution >= 4 is 11.6 Å². The predicted octanol–water partition coefficient (Wildman–Crippen LogP) is 7.24. The van der Waals surface area contributed by atoms with Gasteiger partial charge in [0.2, 0.25) is 0 Å². The van der Waals surface area contributed by atoms with Gasteiger partial charge in [-0.3, -0.25) is 4.79 Å². The molecule has 1 heterocycles. The van der Waals surface area contributed by atoms with E-state index in [1.165, 1.54) is 23.6 Å². The van der Waals surface area contributed by atoms with Gasteiger partial charge in [0.05, 0.1) is 12.7 Å². The van der Waals surface area contributed by atoms with Crippen LogP contribution in [0.1, 0.15) is 67.4 Å². The lowest BCUT2D eigenvalue weighted by Gasteiger charge is -2.39. The summed E-state index contributed by atoms with van der Waals surface area (Å²) in [4.78, 5) is 12.7. The molecule has 1 amide bonds. The molecule has 0 radical (unpaired) electrons. The molecule has 0 bridgehead atoms. The zero-order valence-electron chi connectivity index (χ0n) is 21.7. The number of amides is 1.